The van der Waals surface area contributed by atoms with E-state index in [4.69, 9.17) is 11.6 Å². The van der Waals surface area contributed by atoms with Crippen molar-refractivity contribution in [3.05, 3.63) is 34.7 Å². The summed E-state index contributed by atoms with van der Waals surface area (Å²) < 4.78 is 2.05. The molecule has 0 amide bonds. The summed E-state index contributed by atoms with van der Waals surface area (Å²) in [6.07, 6.45) is 3.81. The van der Waals surface area contributed by atoms with E-state index in [-0.39, 0.29) is 0 Å². The van der Waals surface area contributed by atoms with Gasteiger partial charge in [-0.1, -0.05) is 11.6 Å². The number of pyridine rings is 1. The Hall–Kier alpha value is -1.06. The Kier molecular flexibility index (Phi) is 2.67. The highest BCUT2D eigenvalue weighted by molar-refractivity contribution is 6.30. The highest BCUT2D eigenvalue weighted by atomic mass is 35.5. The number of hydrogen-bond donors (Lipinski definition) is 0. The molecule has 0 aliphatic carbocycles. The molecule has 0 bridgehead atoms. The second kappa shape index (κ2) is 3.83. The zero-order chi connectivity index (χ0) is 11.0. The molecule has 0 N–H and O–H groups in total. The maximum Gasteiger partial charge on any atom is 0.139 e. The van der Waals surface area contributed by atoms with Crippen molar-refractivity contribution >= 4 is 17.2 Å². The van der Waals surface area contributed by atoms with E-state index in [0.717, 1.165) is 28.5 Å². The summed E-state index contributed by atoms with van der Waals surface area (Å²) in [6.45, 7) is 2.88. The van der Waals surface area contributed by atoms with Crippen LogP contribution in [0.15, 0.2) is 18.5 Å². The molecule has 15 heavy (non-hydrogen) atoms. The van der Waals surface area contributed by atoms with E-state index < -0.39 is 0 Å². The van der Waals surface area contributed by atoms with E-state index >= 15 is 0 Å². The molecule has 0 aromatic carbocycles. The molecule has 0 aliphatic heterocycles. The van der Waals surface area contributed by atoms with Gasteiger partial charge in [0.05, 0.1) is 16.9 Å². The van der Waals surface area contributed by atoms with Gasteiger partial charge < -0.3 is 9.30 Å². The van der Waals surface area contributed by atoms with Gasteiger partial charge in [-0.05, 0) is 32.6 Å². The minimum absolute atomic E-state index is 0.748. The number of imidazole rings is 1. The van der Waals surface area contributed by atoms with E-state index in [2.05, 4.69) is 14.3 Å². The van der Waals surface area contributed by atoms with Crippen LogP contribution in [0.25, 0.3) is 5.65 Å². The maximum absolute atomic E-state index is 6.03. The summed E-state index contributed by atoms with van der Waals surface area (Å²) in [7, 11) is 4.08. The van der Waals surface area contributed by atoms with Gasteiger partial charge in [-0.2, -0.15) is 0 Å². The highest BCUT2D eigenvalue weighted by Crippen LogP contribution is 2.17. The molecule has 2 rings (SSSR count). The lowest BCUT2D eigenvalue weighted by atomic mass is 10.3. The fraction of sp³-hybridized carbons (Fsp3) is 0.364. The third kappa shape index (κ3) is 1.98. The van der Waals surface area contributed by atoms with Gasteiger partial charge >= 0.3 is 0 Å². The second-order valence-electron chi connectivity index (χ2n) is 4.02. The van der Waals surface area contributed by atoms with Crippen LogP contribution in [-0.4, -0.2) is 28.4 Å². The Labute approximate surface area is 94.3 Å². The predicted molar refractivity (Wildman–Crippen MR) is 62.3 cm³/mol. The average Bonchev–Trinajstić information content (AvgIpc) is 2.48. The van der Waals surface area contributed by atoms with Gasteiger partial charge in [0.25, 0.3) is 0 Å². The van der Waals surface area contributed by atoms with Gasteiger partial charge in [0.1, 0.15) is 5.65 Å². The molecule has 80 valence electrons. The van der Waals surface area contributed by atoms with Crippen LogP contribution >= 0.6 is 11.6 Å². The maximum atomic E-state index is 6.03. The van der Waals surface area contributed by atoms with Crippen LogP contribution in [0, 0.1) is 6.92 Å². The highest BCUT2D eigenvalue weighted by Gasteiger charge is 2.07. The molecule has 2 aromatic rings. The molecule has 2 heterocycles. The van der Waals surface area contributed by atoms with E-state index in [1.807, 2.05) is 39.5 Å². The van der Waals surface area contributed by atoms with Crippen LogP contribution in [0.1, 0.15) is 11.3 Å². The zero-order valence-corrected chi connectivity index (χ0v) is 9.91. The molecule has 4 heteroatoms. The Balaban J connectivity index is 2.58. The fourth-order valence-electron chi connectivity index (χ4n) is 1.70. The number of nitrogens with zero attached hydrogens (tertiary/aromatic N) is 3. The minimum Gasteiger partial charge on any atom is -0.304 e. The molecule has 0 spiro atoms. The van der Waals surface area contributed by atoms with E-state index in [9.17, 15) is 0 Å². The predicted octanol–water partition coefficient (Wildman–Crippen LogP) is 2.36. The summed E-state index contributed by atoms with van der Waals surface area (Å²) in [5, 5.41) is 0.748. The Morgan fingerprint density at radius 3 is 2.87 bits per heavy atom. The normalized spacial score (nSPS) is 11.5. The van der Waals surface area contributed by atoms with Crippen molar-refractivity contribution in [3.8, 4) is 0 Å². The molecule has 0 aliphatic rings. The van der Waals surface area contributed by atoms with Crippen LogP contribution < -0.4 is 0 Å². The van der Waals surface area contributed by atoms with E-state index in [1.165, 1.54) is 0 Å². The van der Waals surface area contributed by atoms with Gasteiger partial charge in [-0.25, -0.2) is 4.98 Å². The first-order valence-electron chi connectivity index (χ1n) is 4.85. The third-order valence-corrected chi connectivity index (χ3v) is 2.52. The molecule has 2 aromatic heterocycles. The topological polar surface area (TPSA) is 20.5 Å². The van der Waals surface area contributed by atoms with E-state index in [0.29, 0.717) is 0 Å². The summed E-state index contributed by atoms with van der Waals surface area (Å²) >= 11 is 6.03. The Morgan fingerprint density at radius 2 is 2.20 bits per heavy atom. The third-order valence-electron chi connectivity index (χ3n) is 2.31. The van der Waals surface area contributed by atoms with Crippen LogP contribution in [-0.2, 0) is 6.54 Å². The monoisotopic (exact) mass is 223 g/mol. The minimum atomic E-state index is 0.748. The SMILES string of the molecule is Cc1cc(Cl)cn2c(CN(C)C)cnc12. The number of fused-ring (bicyclic) bond motifs is 1. The average molecular weight is 224 g/mol. The van der Waals surface area contributed by atoms with Crippen molar-refractivity contribution in [2.75, 3.05) is 14.1 Å². The van der Waals surface area contributed by atoms with Gasteiger partial charge in [0.15, 0.2) is 0 Å². The molecular weight excluding hydrogens is 210 g/mol. The van der Waals surface area contributed by atoms with Crippen molar-refractivity contribution in [2.24, 2.45) is 0 Å². The molecule has 0 saturated carbocycles. The quantitative estimate of drug-likeness (QED) is 0.779. The van der Waals surface area contributed by atoms with Crippen LogP contribution in [0.3, 0.4) is 0 Å². The van der Waals surface area contributed by atoms with Crippen molar-refractivity contribution in [3.63, 3.8) is 0 Å². The number of hydrogen-bond acceptors (Lipinski definition) is 2. The molecule has 0 fully saturated rings. The first kappa shape index (κ1) is 10.5. The Bertz CT molecular complexity index is 488. The van der Waals surface area contributed by atoms with Crippen LogP contribution in [0.2, 0.25) is 5.02 Å². The molecular formula is C11H14ClN3. The number of aromatic nitrogens is 2. The van der Waals surface area contributed by atoms with Crippen LogP contribution in [0.4, 0.5) is 0 Å². The summed E-state index contributed by atoms with van der Waals surface area (Å²) in [5.41, 5.74) is 3.24. The molecule has 0 radical (unpaired) electrons. The van der Waals surface area contributed by atoms with Gasteiger partial charge in [-0.3, -0.25) is 0 Å². The van der Waals surface area contributed by atoms with Gasteiger partial charge in [0.2, 0.25) is 0 Å². The number of aryl methyl sites for hydroxylation is 1. The van der Waals surface area contributed by atoms with Crippen molar-refractivity contribution in [1.29, 1.82) is 0 Å². The van der Waals surface area contributed by atoms with Gasteiger partial charge in [-0.15, -0.1) is 0 Å². The zero-order valence-electron chi connectivity index (χ0n) is 9.16. The summed E-state index contributed by atoms with van der Waals surface area (Å²) in [6, 6.07) is 1.93. The largest absolute Gasteiger partial charge is 0.304 e. The van der Waals surface area contributed by atoms with Gasteiger partial charge in [0, 0.05) is 12.7 Å². The van der Waals surface area contributed by atoms with Crippen molar-refractivity contribution in [1.82, 2.24) is 14.3 Å². The summed E-state index contributed by atoms with van der Waals surface area (Å²) in [4.78, 5) is 6.50. The number of rotatable bonds is 2. The molecule has 3 nitrogen and oxygen atoms in total. The fourth-order valence-corrected chi connectivity index (χ4v) is 1.97. The first-order chi connectivity index (χ1) is 7.08. The molecule has 0 atom stereocenters. The lowest BCUT2D eigenvalue weighted by Crippen LogP contribution is -2.12. The smallest absolute Gasteiger partial charge is 0.139 e. The van der Waals surface area contributed by atoms with Crippen LogP contribution in [0.5, 0.6) is 0 Å². The number of halogens is 1. The lowest BCUT2D eigenvalue weighted by molar-refractivity contribution is 0.395. The second-order valence-corrected chi connectivity index (χ2v) is 4.46. The van der Waals surface area contributed by atoms with E-state index in [1.54, 1.807) is 0 Å². The summed E-state index contributed by atoms with van der Waals surface area (Å²) in [5.74, 6) is 0. The Morgan fingerprint density at radius 1 is 1.47 bits per heavy atom. The first-order valence-corrected chi connectivity index (χ1v) is 5.22. The lowest BCUT2D eigenvalue weighted by Gasteiger charge is -2.09. The van der Waals surface area contributed by atoms with Crippen molar-refractivity contribution < 1.29 is 0 Å². The molecule has 0 unspecified atom stereocenters. The molecule has 0 saturated heterocycles. The van der Waals surface area contributed by atoms with Crippen molar-refractivity contribution in [2.45, 2.75) is 13.5 Å². The standard InChI is InChI=1S/C11H14ClN3/c1-8-4-9(12)6-15-10(7-14(2)3)5-13-11(8)15/h4-6H,7H2,1-3H3.